The predicted molar refractivity (Wildman–Crippen MR) is 103 cm³/mol. The van der Waals surface area contributed by atoms with Crippen molar-refractivity contribution in [2.24, 2.45) is 5.92 Å². The fraction of sp³-hybridized carbons (Fsp3) is 0.619. The van der Waals surface area contributed by atoms with E-state index >= 15 is 0 Å². The lowest BCUT2D eigenvalue weighted by atomic mass is 9.90. The van der Waals surface area contributed by atoms with Crippen molar-refractivity contribution in [2.75, 3.05) is 27.3 Å². The van der Waals surface area contributed by atoms with Gasteiger partial charge >= 0.3 is 6.09 Å². The van der Waals surface area contributed by atoms with Crippen molar-refractivity contribution in [3.8, 4) is 11.5 Å². The van der Waals surface area contributed by atoms with Gasteiger partial charge in [-0.3, -0.25) is 4.79 Å². The number of amides is 2. The van der Waals surface area contributed by atoms with Crippen molar-refractivity contribution in [1.82, 2.24) is 10.2 Å². The SMILES string of the molecule is COc1ccc(C(CC(=O)NCC2CN(C3CC3)C(=O)O2)C2CC2)cc1OC. The number of nitrogens with one attached hydrogen (secondary N) is 1. The molecule has 1 saturated heterocycles. The van der Waals surface area contributed by atoms with Crippen molar-refractivity contribution in [1.29, 1.82) is 0 Å². The van der Waals surface area contributed by atoms with E-state index in [-0.39, 0.29) is 24.0 Å². The number of benzene rings is 1. The summed E-state index contributed by atoms with van der Waals surface area (Å²) in [5.74, 6) is 2.05. The van der Waals surface area contributed by atoms with Gasteiger partial charge in [0.05, 0.1) is 27.3 Å². The molecule has 2 saturated carbocycles. The highest BCUT2D eigenvalue weighted by molar-refractivity contribution is 5.77. The van der Waals surface area contributed by atoms with Crippen LogP contribution in [0.25, 0.3) is 0 Å². The topological polar surface area (TPSA) is 77.1 Å². The Labute approximate surface area is 165 Å². The molecule has 1 aromatic carbocycles. The number of carbonyl (C=O) groups excluding carboxylic acids is 2. The van der Waals surface area contributed by atoms with E-state index in [9.17, 15) is 9.59 Å². The number of ether oxygens (including phenoxy) is 3. The molecule has 1 N–H and O–H groups in total. The molecular weight excluding hydrogens is 360 g/mol. The fourth-order valence-electron chi connectivity index (χ4n) is 3.97. The Morgan fingerprint density at radius 2 is 1.96 bits per heavy atom. The molecule has 0 spiro atoms. The van der Waals surface area contributed by atoms with Gasteiger partial charge in [-0.05, 0) is 55.2 Å². The van der Waals surface area contributed by atoms with Crippen molar-refractivity contribution in [3.63, 3.8) is 0 Å². The average Bonchev–Trinajstić information content (AvgIpc) is 3.62. The molecule has 152 valence electrons. The van der Waals surface area contributed by atoms with E-state index < -0.39 is 0 Å². The van der Waals surface area contributed by atoms with Gasteiger partial charge in [-0.15, -0.1) is 0 Å². The first-order chi connectivity index (χ1) is 13.6. The van der Waals surface area contributed by atoms with E-state index in [1.54, 1.807) is 19.1 Å². The molecule has 1 heterocycles. The van der Waals surface area contributed by atoms with E-state index in [0.717, 1.165) is 31.2 Å². The van der Waals surface area contributed by atoms with Gasteiger partial charge < -0.3 is 24.4 Å². The molecule has 4 rings (SSSR count). The number of cyclic esters (lactones) is 1. The first-order valence-corrected chi connectivity index (χ1v) is 10.0. The molecule has 0 bridgehead atoms. The van der Waals surface area contributed by atoms with E-state index in [0.29, 0.717) is 43.0 Å². The molecule has 1 aromatic rings. The maximum absolute atomic E-state index is 12.6. The van der Waals surface area contributed by atoms with Gasteiger partial charge in [0.1, 0.15) is 6.10 Å². The number of methoxy groups -OCH3 is 2. The highest BCUT2D eigenvalue weighted by Crippen LogP contribution is 2.46. The van der Waals surface area contributed by atoms with E-state index in [1.807, 2.05) is 18.2 Å². The van der Waals surface area contributed by atoms with Crippen LogP contribution < -0.4 is 14.8 Å². The Kier molecular flexibility index (Phi) is 5.33. The van der Waals surface area contributed by atoms with E-state index in [1.165, 1.54) is 0 Å². The van der Waals surface area contributed by atoms with Crippen LogP contribution in [0.15, 0.2) is 18.2 Å². The Balaban J connectivity index is 1.33. The number of hydrogen-bond donors (Lipinski definition) is 1. The monoisotopic (exact) mass is 388 g/mol. The van der Waals surface area contributed by atoms with Crippen LogP contribution in [-0.2, 0) is 9.53 Å². The van der Waals surface area contributed by atoms with Crippen LogP contribution >= 0.6 is 0 Å². The third-order valence-corrected chi connectivity index (χ3v) is 5.85. The molecule has 28 heavy (non-hydrogen) atoms. The Morgan fingerprint density at radius 1 is 1.21 bits per heavy atom. The largest absolute Gasteiger partial charge is 0.493 e. The summed E-state index contributed by atoms with van der Waals surface area (Å²) in [6.45, 7) is 0.947. The molecule has 2 unspecified atom stereocenters. The normalized spacial score (nSPS) is 22.6. The smallest absolute Gasteiger partial charge is 0.410 e. The summed E-state index contributed by atoms with van der Waals surface area (Å²) >= 11 is 0. The maximum Gasteiger partial charge on any atom is 0.410 e. The second-order valence-corrected chi connectivity index (χ2v) is 7.96. The summed E-state index contributed by atoms with van der Waals surface area (Å²) < 4.78 is 16.1. The van der Waals surface area contributed by atoms with Crippen LogP contribution in [0.1, 0.15) is 43.6 Å². The summed E-state index contributed by atoms with van der Waals surface area (Å²) in [6, 6.07) is 6.23. The molecule has 2 amide bonds. The van der Waals surface area contributed by atoms with Gasteiger partial charge in [0.2, 0.25) is 5.91 Å². The molecule has 0 radical (unpaired) electrons. The Hall–Kier alpha value is -2.44. The third-order valence-electron chi connectivity index (χ3n) is 5.85. The number of nitrogens with zero attached hydrogens (tertiary/aromatic N) is 1. The minimum atomic E-state index is -0.252. The van der Waals surface area contributed by atoms with Crippen LogP contribution in [0, 0.1) is 5.92 Å². The molecule has 2 atom stereocenters. The zero-order valence-corrected chi connectivity index (χ0v) is 16.5. The fourth-order valence-corrected chi connectivity index (χ4v) is 3.97. The number of carbonyl (C=O) groups is 2. The van der Waals surface area contributed by atoms with E-state index in [4.69, 9.17) is 14.2 Å². The molecule has 7 nitrogen and oxygen atoms in total. The molecule has 2 aliphatic carbocycles. The minimum absolute atomic E-state index is 0.00685. The van der Waals surface area contributed by atoms with Crippen LogP contribution in [0.2, 0.25) is 0 Å². The van der Waals surface area contributed by atoms with Crippen molar-refractivity contribution in [3.05, 3.63) is 23.8 Å². The summed E-state index contributed by atoms with van der Waals surface area (Å²) in [5.41, 5.74) is 1.10. The number of rotatable bonds is 9. The van der Waals surface area contributed by atoms with Crippen LogP contribution in [0.3, 0.4) is 0 Å². The summed E-state index contributed by atoms with van der Waals surface area (Å²) in [7, 11) is 3.23. The average molecular weight is 388 g/mol. The lowest BCUT2D eigenvalue weighted by molar-refractivity contribution is -0.122. The molecular formula is C21H28N2O5. The van der Waals surface area contributed by atoms with Crippen LogP contribution in [0.5, 0.6) is 11.5 Å². The molecule has 1 aliphatic heterocycles. The maximum atomic E-state index is 12.6. The van der Waals surface area contributed by atoms with Crippen molar-refractivity contribution < 1.29 is 23.8 Å². The second-order valence-electron chi connectivity index (χ2n) is 7.96. The highest BCUT2D eigenvalue weighted by Gasteiger charge is 2.41. The Morgan fingerprint density at radius 3 is 2.61 bits per heavy atom. The summed E-state index contributed by atoms with van der Waals surface area (Å²) in [6.07, 6.45) is 4.32. The van der Waals surface area contributed by atoms with Gasteiger partial charge in [-0.2, -0.15) is 0 Å². The quantitative estimate of drug-likeness (QED) is 0.704. The van der Waals surface area contributed by atoms with E-state index in [2.05, 4.69) is 5.32 Å². The lowest BCUT2D eigenvalue weighted by Crippen LogP contribution is -2.35. The highest BCUT2D eigenvalue weighted by atomic mass is 16.6. The molecule has 0 aromatic heterocycles. The van der Waals surface area contributed by atoms with Gasteiger partial charge in [-0.1, -0.05) is 6.07 Å². The summed E-state index contributed by atoms with van der Waals surface area (Å²) in [4.78, 5) is 26.2. The van der Waals surface area contributed by atoms with Gasteiger partial charge in [0.15, 0.2) is 11.5 Å². The molecule has 3 fully saturated rings. The van der Waals surface area contributed by atoms with Crippen LogP contribution in [0.4, 0.5) is 4.79 Å². The second kappa shape index (κ2) is 7.89. The molecule has 7 heteroatoms. The predicted octanol–water partition coefficient (Wildman–Crippen LogP) is 2.69. The van der Waals surface area contributed by atoms with Gasteiger partial charge in [-0.25, -0.2) is 4.79 Å². The van der Waals surface area contributed by atoms with Crippen LogP contribution in [-0.4, -0.2) is 56.4 Å². The minimum Gasteiger partial charge on any atom is -0.493 e. The van der Waals surface area contributed by atoms with Crippen molar-refractivity contribution >= 4 is 12.0 Å². The summed E-state index contributed by atoms with van der Waals surface area (Å²) in [5, 5.41) is 2.96. The third kappa shape index (κ3) is 4.18. The van der Waals surface area contributed by atoms with Gasteiger partial charge in [0, 0.05) is 12.5 Å². The number of hydrogen-bond acceptors (Lipinski definition) is 5. The molecule has 3 aliphatic rings. The van der Waals surface area contributed by atoms with Gasteiger partial charge in [0.25, 0.3) is 0 Å². The Bertz CT molecular complexity index is 744. The lowest BCUT2D eigenvalue weighted by Gasteiger charge is -2.19. The zero-order chi connectivity index (χ0) is 19.7. The van der Waals surface area contributed by atoms with Crippen molar-refractivity contribution in [2.45, 2.75) is 50.2 Å². The first kappa shape index (κ1) is 18.9. The standard InChI is InChI=1S/C21H28N2O5/c1-26-18-8-5-14(9-19(18)27-2)17(13-3-4-13)10-20(24)22-11-16-12-23(15-6-7-15)21(25)28-16/h5,8-9,13,15-17H,3-4,6-7,10-12H2,1-2H3,(H,22,24). The zero-order valence-electron chi connectivity index (χ0n) is 16.5. The first-order valence-electron chi connectivity index (χ1n) is 10.0.